The van der Waals surface area contributed by atoms with E-state index < -0.39 is 0 Å². The molecule has 0 aliphatic heterocycles. The van der Waals surface area contributed by atoms with Crippen molar-refractivity contribution >= 4 is 0 Å². The van der Waals surface area contributed by atoms with Crippen LogP contribution in [-0.2, 0) is 53.5 Å². The Labute approximate surface area is 609 Å². The fraction of sp³-hybridized carbons (Fsp3) is 0.421. The summed E-state index contributed by atoms with van der Waals surface area (Å²) in [5.74, 6) is 1.93. The lowest BCUT2D eigenvalue weighted by Crippen LogP contribution is -2.35. The highest BCUT2D eigenvalue weighted by atomic mass is 15.0. The third-order valence-electron chi connectivity index (χ3n) is 21.4. The van der Waals surface area contributed by atoms with Crippen LogP contribution in [0.1, 0.15) is 213 Å². The molecule has 0 fully saturated rings. The van der Waals surface area contributed by atoms with E-state index >= 15 is 0 Å². The number of benzene rings is 5. The van der Waals surface area contributed by atoms with E-state index in [4.69, 9.17) is 0 Å². The Morgan fingerprint density at radius 2 is 0.580 bits per heavy atom. The zero-order chi connectivity index (χ0) is 74.7. The largest absolute Gasteiger partial charge is 0.212 e. The summed E-state index contributed by atoms with van der Waals surface area (Å²) in [6.07, 6.45) is 3.46. The molecule has 530 valence electrons. The maximum Gasteiger partial charge on any atom is 0.212 e. The molecule has 0 aliphatic carbocycles. The molecule has 5 heterocycles. The van der Waals surface area contributed by atoms with Gasteiger partial charge in [-0.25, -0.2) is 0 Å². The van der Waals surface area contributed by atoms with Gasteiger partial charge in [0, 0.05) is 121 Å². The Balaban J connectivity index is 0.000000197. The van der Waals surface area contributed by atoms with Gasteiger partial charge in [0.1, 0.15) is 35.2 Å². The van der Waals surface area contributed by atoms with Crippen molar-refractivity contribution in [2.45, 2.75) is 223 Å². The molecule has 1 atom stereocenters. The summed E-state index contributed by atoms with van der Waals surface area (Å²) in [6.45, 7) is 60.0. The van der Waals surface area contributed by atoms with Crippen LogP contribution >= 0.6 is 0 Å². The molecule has 5 aromatic carbocycles. The van der Waals surface area contributed by atoms with Crippen LogP contribution in [0.2, 0.25) is 0 Å². The summed E-state index contributed by atoms with van der Waals surface area (Å²) in [5, 5.41) is 0. The summed E-state index contributed by atoms with van der Waals surface area (Å²) >= 11 is 0. The number of aromatic nitrogens is 5. The van der Waals surface area contributed by atoms with Crippen molar-refractivity contribution in [3.05, 3.63) is 264 Å². The van der Waals surface area contributed by atoms with Crippen LogP contribution in [0.5, 0.6) is 0 Å². The third-order valence-corrected chi connectivity index (χ3v) is 21.4. The molecule has 0 amide bonds. The van der Waals surface area contributed by atoms with Crippen molar-refractivity contribution in [1.82, 2.24) is 0 Å². The first-order chi connectivity index (χ1) is 46.7. The van der Waals surface area contributed by atoms with Crippen LogP contribution in [-0.4, -0.2) is 0 Å². The molecule has 0 aliphatic rings. The molecule has 5 aromatic heterocycles. The zero-order valence-corrected chi connectivity index (χ0v) is 68.5. The molecular formula is C95H130N5+5. The second kappa shape index (κ2) is 34.5. The molecule has 10 rings (SSSR count). The molecule has 5 nitrogen and oxygen atoms in total. The summed E-state index contributed by atoms with van der Waals surface area (Å²) in [4.78, 5) is 0. The average Bonchev–Trinajstić information content (AvgIpc) is 0.850. The van der Waals surface area contributed by atoms with Crippen molar-refractivity contribution < 1.29 is 22.8 Å². The van der Waals surface area contributed by atoms with Gasteiger partial charge in [0.2, 0.25) is 28.5 Å². The molecule has 0 radical (unpaired) electrons. The highest BCUT2D eigenvalue weighted by Gasteiger charge is 2.24. The topological polar surface area (TPSA) is 19.4 Å². The number of hydrogen-bond donors (Lipinski definition) is 0. The zero-order valence-electron chi connectivity index (χ0n) is 68.5. The highest BCUT2D eigenvalue weighted by Crippen LogP contribution is 2.32. The predicted molar refractivity (Wildman–Crippen MR) is 430 cm³/mol. The molecule has 0 bridgehead atoms. The van der Waals surface area contributed by atoms with Gasteiger partial charge in [-0.05, 0) is 233 Å². The van der Waals surface area contributed by atoms with Gasteiger partial charge in [-0.1, -0.05) is 144 Å². The summed E-state index contributed by atoms with van der Waals surface area (Å²) < 4.78 is 11.4. The van der Waals surface area contributed by atoms with E-state index in [9.17, 15) is 0 Å². The van der Waals surface area contributed by atoms with Gasteiger partial charge < -0.3 is 0 Å². The first-order valence-corrected chi connectivity index (χ1v) is 37.0. The molecule has 0 N–H and O–H groups in total. The number of nitrogens with zero attached hydrogens (tertiary/aromatic N) is 5. The van der Waals surface area contributed by atoms with Crippen molar-refractivity contribution in [2.75, 3.05) is 0 Å². The van der Waals surface area contributed by atoms with Gasteiger partial charge in [0.25, 0.3) is 0 Å². The predicted octanol–water partition coefficient (Wildman–Crippen LogP) is 22.2. The second-order valence-corrected chi connectivity index (χ2v) is 32.3. The van der Waals surface area contributed by atoms with Crippen LogP contribution in [0.25, 0.3) is 56.3 Å². The Morgan fingerprint density at radius 3 is 0.860 bits per heavy atom. The quantitative estimate of drug-likeness (QED) is 0.115. The monoisotopic (exact) mass is 1340 g/mol. The van der Waals surface area contributed by atoms with E-state index in [1.54, 1.807) is 0 Å². The van der Waals surface area contributed by atoms with Crippen LogP contribution in [0, 0.1) is 115 Å². The van der Waals surface area contributed by atoms with Gasteiger partial charge in [-0.15, -0.1) is 0 Å². The van der Waals surface area contributed by atoms with Crippen molar-refractivity contribution in [2.24, 2.45) is 46.6 Å². The molecule has 0 saturated heterocycles. The van der Waals surface area contributed by atoms with Gasteiger partial charge >= 0.3 is 0 Å². The lowest BCUT2D eigenvalue weighted by molar-refractivity contribution is -0.667. The first-order valence-electron chi connectivity index (χ1n) is 37.0. The Kier molecular flexibility index (Phi) is 27.9. The number of rotatable bonds is 11. The Morgan fingerprint density at radius 1 is 0.300 bits per heavy atom. The minimum absolute atomic E-state index is 0.203. The smallest absolute Gasteiger partial charge is 0.198 e. The van der Waals surface area contributed by atoms with Gasteiger partial charge in [-0.3, -0.25) is 0 Å². The van der Waals surface area contributed by atoms with E-state index in [2.05, 4.69) is 397 Å². The van der Waals surface area contributed by atoms with Crippen LogP contribution < -0.4 is 22.8 Å². The molecule has 5 heteroatoms. The van der Waals surface area contributed by atoms with Crippen LogP contribution in [0.15, 0.2) is 152 Å². The summed E-state index contributed by atoms with van der Waals surface area (Å²) in [5.41, 5.74) is 40.8. The van der Waals surface area contributed by atoms with Gasteiger partial charge in [0.15, 0.2) is 28.5 Å². The van der Waals surface area contributed by atoms with E-state index in [1.165, 1.54) is 175 Å². The fourth-order valence-electron chi connectivity index (χ4n) is 13.4. The molecule has 0 saturated carbocycles. The molecule has 100 heavy (non-hydrogen) atoms. The van der Waals surface area contributed by atoms with Crippen molar-refractivity contribution in [3.8, 4) is 56.3 Å². The van der Waals surface area contributed by atoms with E-state index in [0.717, 1.165) is 12.8 Å². The van der Waals surface area contributed by atoms with Crippen LogP contribution in [0.3, 0.4) is 0 Å². The summed E-state index contributed by atoms with van der Waals surface area (Å²) in [6, 6.07) is 56.6. The molecular weight excluding hydrogens is 1210 g/mol. The van der Waals surface area contributed by atoms with Crippen LogP contribution in [0.4, 0.5) is 0 Å². The average molecular weight is 1340 g/mol. The molecule has 1 unspecified atom stereocenters. The minimum Gasteiger partial charge on any atom is -0.198 e. The Bertz CT molecular complexity index is 4500. The van der Waals surface area contributed by atoms with E-state index in [-0.39, 0.29) is 5.41 Å². The van der Waals surface area contributed by atoms with Crippen molar-refractivity contribution in [1.29, 1.82) is 0 Å². The maximum atomic E-state index is 2.35. The van der Waals surface area contributed by atoms with Gasteiger partial charge in [0.05, 0.1) is 0 Å². The van der Waals surface area contributed by atoms with Crippen molar-refractivity contribution in [3.63, 3.8) is 0 Å². The summed E-state index contributed by atoms with van der Waals surface area (Å²) in [7, 11) is 10.8. The number of hydrogen-bond acceptors (Lipinski definition) is 0. The molecule has 0 spiro atoms. The first kappa shape index (κ1) is 80.8. The number of pyridine rings is 5. The Hall–Kier alpha value is -8.15. The maximum absolute atomic E-state index is 2.35. The lowest BCUT2D eigenvalue weighted by atomic mass is 9.85. The fourth-order valence-corrected chi connectivity index (χ4v) is 13.4. The second-order valence-electron chi connectivity index (χ2n) is 32.3. The third kappa shape index (κ3) is 20.3. The normalized spacial score (nSPS) is 11.7. The minimum atomic E-state index is 0.203. The molecule has 10 aromatic rings. The highest BCUT2D eigenvalue weighted by molar-refractivity contribution is 5.66. The SMILES string of the molecule is CCC(C)c1ccc(-c2ccc(C)c(C)[n+]2C)c(C)c1.Cc1cc(C(C)(C)C)ccc1-c1ccc(C)c(C)[n+]1C.Cc1cc(C(C)C)ccc1-c1ccc(C)c(C)[n+]1C.Cc1cc(CC(C)(C)C)ccc1-c1ccc(C)c(C)[n+]1C.Cc1cc(CC(C)C)ccc1-c1ccc(C)c(C)[n+]1C. The lowest BCUT2D eigenvalue weighted by Gasteiger charge is -2.20. The van der Waals surface area contributed by atoms with E-state index in [0.29, 0.717) is 23.2 Å². The van der Waals surface area contributed by atoms with E-state index in [1.807, 2.05) is 0 Å². The number of aryl methyl sites for hydroxylation is 10. The standard InChI is InChI=1S/C20H28N.3C19H26N.C18H24N/c1-14-8-11-19(21(7)16(14)3)18-10-9-17(12-15(18)2)13-20(4,5)6;1-13-8-11-18(20(7)15(13)3)17-10-9-16(12-14(17)2)19(4,5)6;1-13(2)11-17-8-9-18(15(4)12-17)19-10-7-14(3)16(5)20(19)6;1-7-13(2)17-9-10-18(15(4)12-17)19-11-8-14(3)16(5)20(19)6;1-12(2)16-8-9-17(14(4)11-16)18-10-7-13(3)15(5)19(18)6/h8-12H,13H2,1-7H3;8-12H,1-7H3;7-10,12-13H,11H2,1-6H3;8-13H,7H2,1-6H3;7-12H,1-6H3/q5*+1. The van der Waals surface area contributed by atoms with Gasteiger partial charge in [-0.2, -0.15) is 22.8 Å².